The first-order chi connectivity index (χ1) is 17.6. The minimum absolute atomic E-state index is 0.00855. The van der Waals surface area contributed by atoms with Gasteiger partial charge in [-0.15, -0.1) is 0 Å². The van der Waals surface area contributed by atoms with E-state index >= 15 is 0 Å². The van der Waals surface area contributed by atoms with Crippen LogP contribution in [0.2, 0.25) is 0 Å². The Balaban J connectivity index is 1.87. The molecule has 1 saturated heterocycles. The van der Waals surface area contributed by atoms with Gasteiger partial charge in [0.25, 0.3) is 6.29 Å². The number of aliphatic hydroxyl groups is 3. The quantitative estimate of drug-likeness (QED) is 0.202. The van der Waals surface area contributed by atoms with Gasteiger partial charge in [0.1, 0.15) is 24.4 Å². The molecule has 1 aliphatic heterocycles. The molecule has 0 aliphatic carbocycles. The van der Waals surface area contributed by atoms with Gasteiger partial charge < -0.3 is 34.2 Å². The maximum absolute atomic E-state index is 14.1. The van der Waals surface area contributed by atoms with Crippen LogP contribution in [-0.4, -0.2) is 70.4 Å². The number of aromatic nitrogens is 1. The first kappa shape index (κ1) is 28.0. The van der Waals surface area contributed by atoms with Crippen LogP contribution in [0.25, 0.3) is 22.0 Å². The molecule has 1 aliphatic rings. The molecule has 200 valence electrons. The zero-order valence-corrected chi connectivity index (χ0v) is 22.2. The molecule has 6 atom stereocenters. The van der Waals surface area contributed by atoms with E-state index in [1.807, 2.05) is 22.0 Å². The molecule has 3 aromatic rings. The summed E-state index contributed by atoms with van der Waals surface area (Å²) >= 11 is 1.94. The number of esters is 1. The predicted octanol–water partition coefficient (Wildman–Crippen LogP) is 3.31. The highest BCUT2D eigenvalue weighted by molar-refractivity contribution is 14.2. The number of hydrogen-bond acceptors (Lipinski definition) is 8. The van der Waals surface area contributed by atoms with Gasteiger partial charge in [0.05, 0.1) is 31.2 Å². The lowest BCUT2D eigenvalue weighted by atomic mass is 9.99. The fraction of sp³-hybridized carbons (Fsp3) is 0.348. The number of hydrogen-bond donors (Lipinski definition) is 3. The molecule has 3 N–H and O–H groups in total. The monoisotopic (exact) mass is 655 g/mol. The van der Waals surface area contributed by atoms with Crippen LogP contribution in [0.5, 0.6) is 0 Å². The number of carbonyl (C=O) groups is 1. The van der Waals surface area contributed by atoms with E-state index in [1.165, 1.54) is 6.07 Å². The van der Waals surface area contributed by atoms with Crippen molar-refractivity contribution in [2.24, 2.45) is 0 Å². The third-order valence-corrected chi connectivity index (χ3v) is 7.07. The Labute approximate surface area is 223 Å². The second-order valence-electron chi connectivity index (χ2n) is 8.14. The lowest BCUT2D eigenvalue weighted by Crippen LogP contribution is -2.61. The summed E-state index contributed by atoms with van der Waals surface area (Å²) in [7, 11) is 1.05. The van der Waals surface area contributed by atoms with E-state index in [2.05, 4.69) is 0 Å². The number of aliphatic hydroxyl groups excluding tert-OH is 3. The van der Waals surface area contributed by atoms with Crippen molar-refractivity contribution in [3.63, 3.8) is 0 Å². The largest absolute Gasteiger partial charge is 0.464 e. The highest BCUT2D eigenvalue weighted by Crippen LogP contribution is 2.39. The standard InChI is InChI=1S/C23H22F3INO8P/c1-33-21(32)16-9-13-14(23(24,25)26)7-12(11-5-3-2-4-6-11)8-15(13)28(16)36-22-20(31)19(30)18(29)17(35-22)10-34-37-27/h2-9,17-20,22,29-31,37H,10H2,1H3/t17?,18-,19?,20?,22-/m1/s1. The summed E-state index contributed by atoms with van der Waals surface area (Å²) in [5.74, 6) is -1.01. The number of halogens is 4. The summed E-state index contributed by atoms with van der Waals surface area (Å²) in [5.41, 5.74) is -0.925. The van der Waals surface area contributed by atoms with Crippen LogP contribution in [0.3, 0.4) is 0 Å². The predicted molar refractivity (Wildman–Crippen MR) is 135 cm³/mol. The summed E-state index contributed by atoms with van der Waals surface area (Å²) in [6, 6.07) is 11.6. The SMILES string of the molecule is COC(=O)c1cc2c(C(F)(F)F)cc(-c3ccccc3)cc2n1O[C@H]1OC(COPI)[C@@H](O)C(O)C1O. The number of alkyl halides is 3. The molecular weight excluding hydrogens is 633 g/mol. The van der Waals surface area contributed by atoms with Crippen LogP contribution in [-0.2, 0) is 20.2 Å². The Bertz CT molecular complexity index is 1260. The first-order valence-corrected chi connectivity index (χ1v) is 14.8. The van der Waals surface area contributed by atoms with Crippen molar-refractivity contribution in [2.75, 3.05) is 13.7 Å². The fourth-order valence-corrected chi connectivity index (χ4v) is 4.80. The molecule has 2 aromatic carbocycles. The van der Waals surface area contributed by atoms with Gasteiger partial charge in [-0.3, -0.25) is 0 Å². The second kappa shape index (κ2) is 11.4. The van der Waals surface area contributed by atoms with Crippen molar-refractivity contribution in [3.8, 4) is 11.1 Å². The fourth-order valence-electron chi connectivity index (χ4n) is 4.03. The minimum atomic E-state index is -4.79. The number of nitrogens with zero attached hydrogens (tertiary/aromatic N) is 1. The topological polar surface area (TPSA) is 120 Å². The average Bonchev–Trinajstić information content (AvgIpc) is 3.25. The van der Waals surface area contributed by atoms with Gasteiger partial charge in [0.15, 0.2) is 5.69 Å². The molecule has 4 rings (SSSR count). The van der Waals surface area contributed by atoms with Gasteiger partial charge in [-0.25, -0.2) is 4.79 Å². The summed E-state index contributed by atoms with van der Waals surface area (Å²) in [6.07, 6.45) is -12.6. The van der Waals surface area contributed by atoms with Gasteiger partial charge in [-0.1, -0.05) is 30.3 Å². The highest BCUT2D eigenvalue weighted by Gasteiger charge is 2.46. The van der Waals surface area contributed by atoms with Gasteiger partial charge in [0.2, 0.25) is 0 Å². The number of ether oxygens (including phenoxy) is 2. The number of carbonyl (C=O) groups excluding carboxylic acids is 1. The van der Waals surface area contributed by atoms with Crippen molar-refractivity contribution in [1.29, 1.82) is 0 Å². The van der Waals surface area contributed by atoms with Crippen molar-refractivity contribution in [3.05, 3.63) is 59.8 Å². The van der Waals surface area contributed by atoms with Crippen LogP contribution >= 0.6 is 28.5 Å². The molecule has 0 saturated carbocycles. The lowest BCUT2D eigenvalue weighted by molar-refractivity contribution is -0.298. The Morgan fingerprint density at radius 3 is 2.41 bits per heavy atom. The number of methoxy groups -OCH3 is 1. The smallest absolute Gasteiger partial charge is 0.417 e. The average molecular weight is 655 g/mol. The maximum Gasteiger partial charge on any atom is 0.417 e. The van der Waals surface area contributed by atoms with Crippen LogP contribution in [0.15, 0.2) is 48.5 Å². The van der Waals surface area contributed by atoms with Gasteiger partial charge in [-0.2, -0.15) is 17.9 Å². The second-order valence-corrected chi connectivity index (χ2v) is 9.91. The van der Waals surface area contributed by atoms with E-state index in [0.29, 0.717) is 5.56 Å². The lowest BCUT2D eigenvalue weighted by Gasteiger charge is -2.39. The normalized spacial score (nSPS) is 24.6. The van der Waals surface area contributed by atoms with Crippen LogP contribution in [0, 0.1) is 0 Å². The zero-order valence-electron chi connectivity index (χ0n) is 19.1. The first-order valence-electron chi connectivity index (χ1n) is 10.8. The minimum Gasteiger partial charge on any atom is -0.464 e. The van der Waals surface area contributed by atoms with E-state index < -0.39 is 54.1 Å². The van der Waals surface area contributed by atoms with Gasteiger partial charge >= 0.3 is 12.1 Å². The maximum atomic E-state index is 14.1. The molecule has 9 nitrogen and oxygen atoms in total. The molecule has 0 spiro atoms. The van der Waals surface area contributed by atoms with Gasteiger partial charge in [0, 0.05) is 5.39 Å². The summed E-state index contributed by atoms with van der Waals surface area (Å²) in [5, 5.41) is 30.7. The van der Waals surface area contributed by atoms with Crippen LogP contribution < -0.4 is 4.84 Å². The molecule has 0 amide bonds. The Kier molecular flexibility index (Phi) is 8.63. The number of benzene rings is 2. The molecule has 4 unspecified atom stereocenters. The van der Waals surface area contributed by atoms with Crippen molar-refractivity contribution in [1.82, 2.24) is 4.73 Å². The van der Waals surface area contributed by atoms with E-state index in [1.54, 1.807) is 30.3 Å². The molecule has 0 radical (unpaired) electrons. The zero-order chi connectivity index (χ0) is 26.9. The Hall–Kier alpha value is -2.00. The van der Waals surface area contributed by atoms with Crippen LogP contribution in [0.4, 0.5) is 13.2 Å². The third-order valence-electron chi connectivity index (χ3n) is 5.86. The third kappa shape index (κ3) is 5.72. The van der Waals surface area contributed by atoms with Crippen molar-refractivity contribution in [2.45, 2.75) is 36.9 Å². The van der Waals surface area contributed by atoms with E-state index in [9.17, 15) is 33.3 Å². The highest BCUT2D eigenvalue weighted by atomic mass is 127. The molecule has 37 heavy (non-hydrogen) atoms. The van der Waals surface area contributed by atoms with Crippen molar-refractivity contribution >= 4 is 45.4 Å². The summed E-state index contributed by atoms with van der Waals surface area (Å²) in [4.78, 5) is 18.3. The Morgan fingerprint density at radius 2 is 1.78 bits per heavy atom. The number of rotatable bonds is 7. The Morgan fingerprint density at radius 1 is 1.08 bits per heavy atom. The number of fused-ring (bicyclic) bond motifs is 1. The molecular formula is C23H22F3INO8P. The molecule has 1 aromatic heterocycles. The molecule has 0 bridgehead atoms. The van der Waals surface area contributed by atoms with Crippen LogP contribution in [0.1, 0.15) is 16.1 Å². The van der Waals surface area contributed by atoms with E-state index in [-0.39, 0.29) is 29.5 Å². The molecule has 1 fully saturated rings. The summed E-state index contributed by atoms with van der Waals surface area (Å²) in [6.45, 7) is -0.145. The van der Waals surface area contributed by atoms with Gasteiger partial charge in [-0.05, 0) is 51.4 Å². The van der Waals surface area contributed by atoms with E-state index in [4.69, 9.17) is 18.8 Å². The molecule has 14 heteroatoms. The van der Waals surface area contributed by atoms with Crippen molar-refractivity contribution < 1.29 is 52.1 Å². The van der Waals surface area contributed by atoms with E-state index in [0.717, 1.165) is 24.0 Å². The summed E-state index contributed by atoms with van der Waals surface area (Å²) < 4.78 is 58.7. The molecule has 2 heterocycles.